The van der Waals surface area contributed by atoms with Crippen LogP contribution in [0.3, 0.4) is 0 Å². The van der Waals surface area contributed by atoms with Gasteiger partial charge in [0.1, 0.15) is 0 Å². The van der Waals surface area contributed by atoms with Crippen molar-refractivity contribution in [1.82, 2.24) is 15.5 Å². The van der Waals surface area contributed by atoms with Crippen molar-refractivity contribution in [2.75, 3.05) is 6.61 Å². The average Bonchev–Trinajstić information content (AvgIpc) is 3.19. The van der Waals surface area contributed by atoms with E-state index < -0.39 is 0 Å². The lowest BCUT2D eigenvalue weighted by atomic mass is 9.96. The zero-order valence-corrected chi connectivity index (χ0v) is 11.9. The van der Waals surface area contributed by atoms with Gasteiger partial charge in [-0.15, -0.1) is 0 Å². The molecule has 2 aromatic rings. The van der Waals surface area contributed by atoms with Crippen LogP contribution in [0.5, 0.6) is 0 Å². The number of nitrogens with one attached hydrogen (secondary N) is 1. The third-order valence-electron chi connectivity index (χ3n) is 4.30. The van der Waals surface area contributed by atoms with E-state index in [9.17, 15) is 0 Å². The van der Waals surface area contributed by atoms with Gasteiger partial charge in [-0.2, -0.15) is 4.98 Å². The summed E-state index contributed by atoms with van der Waals surface area (Å²) in [6, 6.07) is 8.61. The summed E-state index contributed by atoms with van der Waals surface area (Å²) in [6.07, 6.45) is 4.15. The van der Waals surface area contributed by atoms with Crippen LogP contribution in [0, 0.1) is 0 Å². The topological polar surface area (TPSA) is 60.2 Å². The van der Waals surface area contributed by atoms with E-state index in [0.29, 0.717) is 5.89 Å². The van der Waals surface area contributed by atoms with Gasteiger partial charge in [-0.25, -0.2) is 0 Å². The zero-order valence-electron chi connectivity index (χ0n) is 11.9. The monoisotopic (exact) mass is 285 g/mol. The molecule has 2 atom stereocenters. The highest BCUT2D eigenvalue weighted by atomic mass is 16.5. The maximum absolute atomic E-state index is 5.62. The van der Waals surface area contributed by atoms with Crippen molar-refractivity contribution in [2.45, 2.75) is 44.4 Å². The Morgan fingerprint density at radius 2 is 2.14 bits per heavy atom. The van der Waals surface area contributed by atoms with Crippen LogP contribution in [0.1, 0.15) is 41.7 Å². The third kappa shape index (κ3) is 2.71. The standard InChI is InChI=1S/C16H19N3O2/c1-2-5-12-10-17-14(8-11(12)4-1)16-18-15(19-21-16)9-13-6-3-7-20-13/h1-2,4-5,13-14,17H,3,6-10H2/t13?,14-/m0/s1. The molecular formula is C16H19N3O2. The first kappa shape index (κ1) is 13.0. The molecule has 0 amide bonds. The van der Waals surface area contributed by atoms with E-state index in [4.69, 9.17) is 9.26 Å². The van der Waals surface area contributed by atoms with Gasteiger partial charge < -0.3 is 14.6 Å². The van der Waals surface area contributed by atoms with Gasteiger partial charge in [0.15, 0.2) is 5.82 Å². The Labute approximate surface area is 123 Å². The molecule has 1 saturated heterocycles. The van der Waals surface area contributed by atoms with Crippen LogP contribution >= 0.6 is 0 Å². The molecule has 1 aromatic carbocycles. The summed E-state index contributed by atoms with van der Waals surface area (Å²) in [5.41, 5.74) is 2.72. The molecule has 1 N–H and O–H groups in total. The number of benzene rings is 1. The van der Waals surface area contributed by atoms with Crippen LogP contribution in [-0.2, 0) is 24.1 Å². The van der Waals surface area contributed by atoms with Crippen molar-refractivity contribution in [3.05, 3.63) is 47.1 Å². The van der Waals surface area contributed by atoms with E-state index in [1.54, 1.807) is 0 Å². The summed E-state index contributed by atoms with van der Waals surface area (Å²) < 4.78 is 11.1. The Morgan fingerprint density at radius 1 is 1.24 bits per heavy atom. The van der Waals surface area contributed by atoms with E-state index in [-0.39, 0.29) is 12.1 Å². The fourth-order valence-corrected chi connectivity index (χ4v) is 3.13. The Bertz CT molecular complexity index is 619. The van der Waals surface area contributed by atoms with E-state index >= 15 is 0 Å². The summed E-state index contributed by atoms with van der Waals surface area (Å²) in [6.45, 7) is 1.71. The number of rotatable bonds is 3. The lowest BCUT2D eigenvalue weighted by Crippen LogP contribution is -2.28. The van der Waals surface area contributed by atoms with E-state index in [0.717, 1.165) is 44.7 Å². The quantitative estimate of drug-likeness (QED) is 0.936. The number of ether oxygens (including phenoxy) is 1. The lowest BCUT2D eigenvalue weighted by Gasteiger charge is -2.23. The molecule has 1 unspecified atom stereocenters. The van der Waals surface area contributed by atoms with Crippen molar-refractivity contribution in [3.63, 3.8) is 0 Å². The maximum Gasteiger partial charge on any atom is 0.244 e. The highest BCUT2D eigenvalue weighted by Crippen LogP contribution is 2.25. The van der Waals surface area contributed by atoms with Crippen molar-refractivity contribution >= 4 is 0 Å². The van der Waals surface area contributed by atoms with Crippen LogP contribution < -0.4 is 5.32 Å². The number of nitrogens with zero attached hydrogens (tertiary/aromatic N) is 2. The van der Waals surface area contributed by atoms with Crippen molar-refractivity contribution in [2.24, 2.45) is 0 Å². The smallest absolute Gasteiger partial charge is 0.244 e. The van der Waals surface area contributed by atoms with Crippen LogP contribution in [-0.4, -0.2) is 22.9 Å². The molecule has 0 spiro atoms. The number of fused-ring (bicyclic) bond motifs is 1. The molecule has 0 saturated carbocycles. The molecule has 4 rings (SSSR count). The van der Waals surface area contributed by atoms with Crippen LogP contribution in [0.4, 0.5) is 0 Å². The summed E-state index contributed by atoms with van der Waals surface area (Å²) in [5.74, 6) is 1.45. The van der Waals surface area contributed by atoms with Gasteiger partial charge in [0.25, 0.3) is 0 Å². The average molecular weight is 285 g/mol. The molecule has 5 heteroatoms. The zero-order chi connectivity index (χ0) is 14.1. The number of aromatic nitrogens is 2. The normalized spacial score (nSPS) is 25.0. The Morgan fingerprint density at radius 3 is 3.00 bits per heavy atom. The second-order valence-corrected chi connectivity index (χ2v) is 5.79. The van der Waals surface area contributed by atoms with Gasteiger partial charge in [-0.05, 0) is 30.4 Å². The van der Waals surface area contributed by atoms with Gasteiger partial charge in [-0.1, -0.05) is 29.4 Å². The molecule has 21 heavy (non-hydrogen) atoms. The van der Waals surface area contributed by atoms with Crippen LogP contribution in [0.15, 0.2) is 28.8 Å². The Hall–Kier alpha value is -1.72. The van der Waals surface area contributed by atoms with Crippen LogP contribution in [0.2, 0.25) is 0 Å². The van der Waals surface area contributed by atoms with Gasteiger partial charge in [0, 0.05) is 19.6 Å². The molecule has 0 radical (unpaired) electrons. The molecule has 0 bridgehead atoms. The molecule has 1 aromatic heterocycles. The minimum Gasteiger partial charge on any atom is -0.378 e. The second kappa shape index (κ2) is 5.58. The van der Waals surface area contributed by atoms with Crippen molar-refractivity contribution in [1.29, 1.82) is 0 Å². The molecule has 3 heterocycles. The van der Waals surface area contributed by atoms with E-state index in [1.165, 1.54) is 11.1 Å². The maximum atomic E-state index is 5.62. The van der Waals surface area contributed by atoms with Crippen molar-refractivity contribution in [3.8, 4) is 0 Å². The minimum absolute atomic E-state index is 0.116. The van der Waals surface area contributed by atoms with Crippen LogP contribution in [0.25, 0.3) is 0 Å². The molecule has 0 aliphatic carbocycles. The van der Waals surface area contributed by atoms with Gasteiger partial charge >= 0.3 is 0 Å². The molecule has 1 fully saturated rings. The Kier molecular flexibility index (Phi) is 3.45. The number of hydrogen-bond acceptors (Lipinski definition) is 5. The first-order valence-electron chi connectivity index (χ1n) is 7.63. The summed E-state index contributed by atoms with van der Waals surface area (Å²) in [7, 11) is 0. The predicted molar refractivity (Wildman–Crippen MR) is 76.7 cm³/mol. The third-order valence-corrected chi connectivity index (χ3v) is 4.30. The summed E-state index contributed by atoms with van der Waals surface area (Å²) in [5, 5.41) is 7.58. The van der Waals surface area contributed by atoms with Gasteiger partial charge in [0.2, 0.25) is 5.89 Å². The first-order chi connectivity index (χ1) is 10.4. The molecular weight excluding hydrogens is 266 g/mol. The van der Waals surface area contributed by atoms with E-state index in [2.05, 4.69) is 39.7 Å². The summed E-state index contributed by atoms with van der Waals surface area (Å²) >= 11 is 0. The predicted octanol–water partition coefficient (Wildman–Crippen LogP) is 2.18. The second-order valence-electron chi connectivity index (χ2n) is 5.79. The lowest BCUT2D eigenvalue weighted by molar-refractivity contribution is 0.109. The Balaban J connectivity index is 1.46. The van der Waals surface area contributed by atoms with Crippen molar-refractivity contribution < 1.29 is 9.26 Å². The highest BCUT2D eigenvalue weighted by molar-refractivity contribution is 5.30. The SMILES string of the molecule is c1ccc2c(c1)CN[C@H](c1nc(CC3CCCO3)no1)C2. The molecule has 110 valence electrons. The van der Waals surface area contributed by atoms with E-state index in [1.807, 2.05) is 0 Å². The molecule has 2 aliphatic rings. The fourth-order valence-electron chi connectivity index (χ4n) is 3.13. The first-order valence-corrected chi connectivity index (χ1v) is 7.63. The minimum atomic E-state index is 0.116. The summed E-state index contributed by atoms with van der Waals surface area (Å²) in [4.78, 5) is 4.55. The molecule has 2 aliphatic heterocycles. The largest absolute Gasteiger partial charge is 0.378 e. The fraction of sp³-hybridized carbons (Fsp3) is 0.500. The number of hydrogen-bond donors (Lipinski definition) is 1. The highest BCUT2D eigenvalue weighted by Gasteiger charge is 2.25. The van der Waals surface area contributed by atoms with Gasteiger partial charge in [0.05, 0.1) is 12.1 Å². The van der Waals surface area contributed by atoms with Gasteiger partial charge in [-0.3, -0.25) is 0 Å². The molecule has 5 nitrogen and oxygen atoms in total.